The molecule has 2 aliphatic rings. The molecule has 1 aliphatic heterocycles. The zero-order valence-electron chi connectivity index (χ0n) is 13.7. The maximum atomic E-state index is 13.5. The van der Waals surface area contributed by atoms with Gasteiger partial charge in [0.1, 0.15) is 17.6 Å². The molecule has 1 aromatic heterocycles. The van der Waals surface area contributed by atoms with E-state index in [2.05, 4.69) is 22.1 Å². The molecule has 0 spiro atoms. The molecule has 2 aromatic rings. The molecule has 26 heavy (non-hydrogen) atoms. The van der Waals surface area contributed by atoms with E-state index in [-0.39, 0.29) is 11.7 Å². The van der Waals surface area contributed by atoms with Crippen LogP contribution in [0.25, 0.3) is 0 Å². The molecule has 0 radical (unpaired) electrons. The predicted molar refractivity (Wildman–Crippen MR) is 90.3 cm³/mol. The molecule has 4 rings (SSSR count). The molecule has 0 bridgehead atoms. The van der Waals surface area contributed by atoms with Crippen molar-refractivity contribution in [2.24, 2.45) is 5.92 Å². The number of rotatable bonds is 2. The summed E-state index contributed by atoms with van der Waals surface area (Å²) in [5, 5.41) is 2.74. The monoisotopic (exact) mass is 350 g/mol. The zero-order valence-corrected chi connectivity index (χ0v) is 13.7. The third-order valence-electron chi connectivity index (χ3n) is 4.47. The van der Waals surface area contributed by atoms with E-state index >= 15 is 0 Å². The summed E-state index contributed by atoms with van der Waals surface area (Å²) in [5.74, 6) is 6.05. The van der Waals surface area contributed by atoms with E-state index in [1.54, 1.807) is 24.5 Å². The smallest absolute Gasteiger partial charge is 0.408 e. The molecule has 0 unspecified atom stereocenters. The molecule has 2 fully saturated rings. The van der Waals surface area contributed by atoms with Crippen molar-refractivity contribution in [2.45, 2.75) is 25.0 Å². The average molecular weight is 350 g/mol. The fourth-order valence-corrected chi connectivity index (χ4v) is 3.10. The van der Waals surface area contributed by atoms with Crippen molar-refractivity contribution in [2.75, 3.05) is 0 Å². The Morgan fingerprint density at radius 1 is 1.15 bits per heavy atom. The number of hydrogen-bond donors (Lipinski definition) is 1. The number of ketones is 1. The highest BCUT2D eigenvalue weighted by molar-refractivity contribution is 5.85. The lowest BCUT2D eigenvalue weighted by molar-refractivity contribution is -0.125. The number of ether oxygens (including phenoxy) is 1. The van der Waals surface area contributed by atoms with Crippen molar-refractivity contribution >= 4 is 11.9 Å². The van der Waals surface area contributed by atoms with Gasteiger partial charge in [-0.2, -0.15) is 0 Å². The lowest BCUT2D eigenvalue weighted by Crippen LogP contribution is -2.21. The number of cyclic esters (lactones) is 1. The molecular formula is C20H15FN2O3. The number of nitrogens with one attached hydrogen (secondary N) is 1. The van der Waals surface area contributed by atoms with Gasteiger partial charge in [-0.05, 0) is 29.3 Å². The molecule has 1 N–H and O–H groups in total. The molecule has 1 saturated carbocycles. The number of pyridine rings is 1. The first kappa shape index (κ1) is 16.3. The Hall–Kier alpha value is -3.20. The van der Waals surface area contributed by atoms with Crippen molar-refractivity contribution in [3.05, 3.63) is 65.2 Å². The van der Waals surface area contributed by atoms with E-state index in [9.17, 15) is 14.0 Å². The molecule has 1 aliphatic carbocycles. The molecule has 1 amide bonds. The van der Waals surface area contributed by atoms with Crippen LogP contribution in [0.3, 0.4) is 0 Å². The molecule has 2 atom stereocenters. The number of benzene rings is 1. The van der Waals surface area contributed by atoms with Gasteiger partial charge < -0.3 is 10.1 Å². The lowest BCUT2D eigenvalue weighted by Gasteiger charge is -2.18. The first-order valence-corrected chi connectivity index (χ1v) is 8.29. The highest BCUT2D eigenvalue weighted by Gasteiger charge is 2.36. The number of alkyl carbamates (subject to hydrolysis) is 1. The first-order valence-electron chi connectivity index (χ1n) is 8.29. The van der Waals surface area contributed by atoms with Crippen LogP contribution in [-0.4, -0.2) is 16.9 Å². The molecule has 130 valence electrons. The van der Waals surface area contributed by atoms with E-state index in [0.717, 1.165) is 5.56 Å². The maximum Gasteiger partial charge on any atom is 0.408 e. The number of carbonyl (C=O) groups excluding carboxylic acids is 2. The summed E-state index contributed by atoms with van der Waals surface area (Å²) in [7, 11) is 0. The second-order valence-electron chi connectivity index (χ2n) is 6.42. The van der Waals surface area contributed by atoms with Crippen molar-refractivity contribution < 1.29 is 18.7 Å². The highest BCUT2D eigenvalue weighted by Crippen LogP contribution is 2.36. The van der Waals surface area contributed by atoms with Crippen molar-refractivity contribution in [3.8, 4) is 11.8 Å². The predicted octanol–water partition coefficient (Wildman–Crippen LogP) is 3.07. The van der Waals surface area contributed by atoms with E-state index in [1.165, 1.54) is 12.1 Å². The summed E-state index contributed by atoms with van der Waals surface area (Å²) in [5.41, 5.74) is 1.99. The summed E-state index contributed by atoms with van der Waals surface area (Å²) >= 11 is 0. The van der Waals surface area contributed by atoms with Crippen LogP contribution in [0.1, 0.15) is 41.7 Å². The lowest BCUT2D eigenvalue weighted by atomic mass is 9.84. The van der Waals surface area contributed by atoms with E-state index in [1.807, 2.05) is 6.07 Å². The number of amides is 1. The van der Waals surface area contributed by atoms with Gasteiger partial charge in [-0.25, -0.2) is 9.18 Å². The third-order valence-corrected chi connectivity index (χ3v) is 4.47. The summed E-state index contributed by atoms with van der Waals surface area (Å²) in [6, 6.07) is 7.32. The van der Waals surface area contributed by atoms with Crippen LogP contribution in [0, 0.1) is 23.6 Å². The average Bonchev–Trinajstić information content (AvgIpc) is 3.00. The number of hydrogen-bond acceptors (Lipinski definition) is 4. The van der Waals surface area contributed by atoms with Gasteiger partial charge >= 0.3 is 6.09 Å². The minimum atomic E-state index is -0.646. The van der Waals surface area contributed by atoms with Gasteiger partial charge in [0.15, 0.2) is 6.10 Å². The van der Waals surface area contributed by atoms with Crippen LogP contribution in [0.15, 0.2) is 42.7 Å². The number of Topliss-reactive ketones (excluding diaryl/α,β-unsaturated/α-hetero) is 1. The van der Waals surface area contributed by atoms with Gasteiger partial charge in [0.2, 0.25) is 0 Å². The van der Waals surface area contributed by atoms with Crippen LogP contribution < -0.4 is 5.32 Å². The summed E-state index contributed by atoms with van der Waals surface area (Å²) < 4.78 is 18.9. The quantitative estimate of drug-likeness (QED) is 0.845. The summed E-state index contributed by atoms with van der Waals surface area (Å²) in [6.45, 7) is 0. The van der Waals surface area contributed by atoms with Crippen LogP contribution in [0.2, 0.25) is 0 Å². The Morgan fingerprint density at radius 2 is 2.00 bits per heavy atom. The topological polar surface area (TPSA) is 68.3 Å². The zero-order chi connectivity index (χ0) is 18.1. The SMILES string of the molecule is O=C1CC(C#Cc2cncc([C@H]3NC(=O)O[C@@H]3c3cccc(F)c3)c2)C1. The van der Waals surface area contributed by atoms with Gasteiger partial charge in [-0.1, -0.05) is 24.0 Å². The van der Waals surface area contributed by atoms with E-state index in [0.29, 0.717) is 24.0 Å². The third kappa shape index (κ3) is 3.29. The van der Waals surface area contributed by atoms with Gasteiger partial charge in [0.25, 0.3) is 0 Å². The molecule has 1 saturated heterocycles. The minimum absolute atomic E-state index is 0.112. The Bertz CT molecular complexity index is 939. The van der Waals surface area contributed by atoms with Crippen molar-refractivity contribution in [1.29, 1.82) is 0 Å². The van der Waals surface area contributed by atoms with Crippen molar-refractivity contribution in [1.82, 2.24) is 10.3 Å². The Kier molecular flexibility index (Phi) is 4.13. The van der Waals surface area contributed by atoms with Gasteiger partial charge in [-0.15, -0.1) is 0 Å². The molecule has 5 nitrogen and oxygen atoms in total. The summed E-state index contributed by atoms with van der Waals surface area (Å²) in [4.78, 5) is 27.0. The normalized spacial score (nSPS) is 22.0. The fraction of sp³-hybridized carbons (Fsp3) is 0.250. The Labute approximate surface area is 149 Å². The standard InChI is InChI=1S/C20H15FN2O3/c21-16-3-1-2-14(9-16)19-18(23-20(25)26-19)15-6-13(10-22-11-15)5-4-12-7-17(24)8-12/h1-3,6,9-12,18-19H,7-8H2,(H,23,25)/t18-,19-/m1/s1. The molecule has 2 heterocycles. The minimum Gasteiger partial charge on any atom is -0.439 e. The van der Waals surface area contributed by atoms with Crippen LogP contribution in [0.5, 0.6) is 0 Å². The van der Waals surface area contributed by atoms with Gasteiger partial charge in [-0.3, -0.25) is 9.78 Å². The second-order valence-corrected chi connectivity index (χ2v) is 6.42. The molecule has 6 heteroatoms. The number of halogens is 1. The van der Waals surface area contributed by atoms with E-state index in [4.69, 9.17) is 4.74 Å². The second kappa shape index (κ2) is 6.60. The van der Waals surface area contributed by atoms with Crippen molar-refractivity contribution in [3.63, 3.8) is 0 Å². The molecule has 1 aromatic carbocycles. The largest absolute Gasteiger partial charge is 0.439 e. The van der Waals surface area contributed by atoms with Crippen LogP contribution >= 0.6 is 0 Å². The highest BCUT2D eigenvalue weighted by atomic mass is 19.1. The van der Waals surface area contributed by atoms with Gasteiger partial charge in [0.05, 0.1) is 0 Å². The Balaban J connectivity index is 1.60. The number of nitrogens with zero attached hydrogens (tertiary/aromatic N) is 1. The number of aromatic nitrogens is 1. The van der Waals surface area contributed by atoms with Gasteiger partial charge in [0, 0.05) is 36.7 Å². The molecular weight excluding hydrogens is 335 g/mol. The number of carbonyl (C=O) groups is 2. The maximum absolute atomic E-state index is 13.5. The van der Waals surface area contributed by atoms with Crippen LogP contribution in [-0.2, 0) is 9.53 Å². The van der Waals surface area contributed by atoms with E-state index < -0.39 is 24.1 Å². The Morgan fingerprint density at radius 3 is 2.77 bits per heavy atom. The summed E-state index contributed by atoms with van der Waals surface area (Å²) in [6.07, 6.45) is 3.07. The fourth-order valence-electron chi connectivity index (χ4n) is 3.10. The van der Waals surface area contributed by atoms with Crippen LogP contribution in [0.4, 0.5) is 9.18 Å². The first-order chi connectivity index (χ1) is 12.6.